The molecule has 1 aromatic rings. The van der Waals surface area contributed by atoms with Gasteiger partial charge in [0.25, 0.3) is 5.69 Å². The molecule has 1 aliphatic rings. The third-order valence-electron chi connectivity index (χ3n) is 3.24. The number of alkyl halides is 1. The third kappa shape index (κ3) is 2.56. The van der Waals surface area contributed by atoms with E-state index in [0.29, 0.717) is 12.2 Å². The molecule has 0 radical (unpaired) electrons. The highest BCUT2D eigenvalue weighted by molar-refractivity contribution is 5.51. The molecule has 1 unspecified atom stereocenters. The van der Waals surface area contributed by atoms with Crippen molar-refractivity contribution in [2.75, 3.05) is 38.3 Å². The number of anilines is 1. The highest BCUT2D eigenvalue weighted by Crippen LogP contribution is 2.22. The van der Waals surface area contributed by atoms with Crippen LogP contribution in [0.25, 0.3) is 0 Å². The van der Waals surface area contributed by atoms with Crippen LogP contribution < -0.4 is 4.90 Å². The van der Waals surface area contributed by atoms with Gasteiger partial charge >= 0.3 is 0 Å². The fourth-order valence-corrected chi connectivity index (χ4v) is 2.04. The van der Waals surface area contributed by atoms with Crippen LogP contribution in [0.4, 0.5) is 15.8 Å². The Balaban J connectivity index is 2.16. The van der Waals surface area contributed by atoms with Gasteiger partial charge in [-0.1, -0.05) is 0 Å². The fourth-order valence-electron chi connectivity index (χ4n) is 2.04. The largest absolute Gasteiger partial charge is 0.367 e. The van der Waals surface area contributed by atoms with Crippen molar-refractivity contribution >= 4 is 11.4 Å². The molecule has 1 atom stereocenters. The van der Waals surface area contributed by atoms with Gasteiger partial charge in [0.2, 0.25) is 0 Å². The van der Waals surface area contributed by atoms with Crippen LogP contribution in [-0.4, -0.2) is 54.2 Å². The lowest BCUT2D eigenvalue weighted by molar-refractivity contribution is -0.385. The van der Waals surface area contributed by atoms with Crippen molar-refractivity contribution in [3.05, 3.63) is 28.6 Å². The van der Waals surface area contributed by atoms with Gasteiger partial charge < -0.3 is 4.90 Å². The molecule has 1 fully saturated rings. The lowest BCUT2D eigenvalue weighted by atomic mass is 10.2. The quantitative estimate of drug-likeness (QED) is 0.596. The van der Waals surface area contributed by atoms with Gasteiger partial charge in [0.05, 0.1) is 22.8 Å². The Labute approximate surface area is 104 Å². The Kier molecular flexibility index (Phi) is 3.71. The zero-order valence-electron chi connectivity index (χ0n) is 10.1. The summed E-state index contributed by atoms with van der Waals surface area (Å²) in [5, 5.41) is 10.7. The second-order valence-electron chi connectivity index (χ2n) is 4.39. The normalized spacial score (nSPS) is 21.0. The van der Waals surface area contributed by atoms with E-state index in [1.807, 2.05) is 16.8 Å². The molecule has 0 saturated carbocycles. The summed E-state index contributed by atoms with van der Waals surface area (Å²) in [6.07, 6.45) is 2.79. The van der Waals surface area contributed by atoms with E-state index >= 15 is 0 Å². The predicted molar refractivity (Wildman–Crippen MR) is 65.5 cm³/mol. The Morgan fingerprint density at radius 2 is 2.33 bits per heavy atom. The van der Waals surface area contributed by atoms with E-state index in [1.54, 1.807) is 6.20 Å². The molecule has 18 heavy (non-hydrogen) atoms. The van der Waals surface area contributed by atoms with Gasteiger partial charge in [-0.05, 0) is 7.05 Å². The lowest BCUT2D eigenvalue weighted by Crippen LogP contribution is -2.52. The summed E-state index contributed by atoms with van der Waals surface area (Å²) in [4.78, 5) is 18.0. The van der Waals surface area contributed by atoms with E-state index in [1.165, 1.54) is 12.3 Å². The van der Waals surface area contributed by atoms with Crippen molar-refractivity contribution in [1.29, 1.82) is 0 Å². The van der Waals surface area contributed by atoms with Gasteiger partial charge in [0.15, 0.2) is 0 Å². The smallest absolute Gasteiger partial charge is 0.289 e. The zero-order chi connectivity index (χ0) is 13.1. The van der Waals surface area contributed by atoms with Gasteiger partial charge in [-0.3, -0.25) is 20.0 Å². The monoisotopic (exact) mass is 254 g/mol. The molecule has 0 aromatic carbocycles. The van der Waals surface area contributed by atoms with Gasteiger partial charge in [-0.25, -0.2) is 4.39 Å². The van der Waals surface area contributed by atoms with Crippen LogP contribution in [0.2, 0.25) is 0 Å². The van der Waals surface area contributed by atoms with E-state index in [0.717, 1.165) is 13.1 Å². The fraction of sp³-hybridized carbons (Fsp3) is 0.545. The standard InChI is InChI=1S/C11H15FN4O2/c1-14-2-3-15(8-11(14)5-12)9-4-10(16(17)18)7-13-6-9/h4,6-7,11H,2-3,5,8H2,1H3. The van der Waals surface area contributed by atoms with Crippen molar-refractivity contribution in [3.8, 4) is 0 Å². The number of halogens is 1. The maximum absolute atomic E-state index is 12.8. The maximum Gasteiger partial charge on any atom is 0.289 e. The first-order valence-electron chi connectivity index (χ1n) is 5.72. The summed E-state index contributed by atoms with van der Waals surface area (Å²) in [5.41, 5.74) is 0.638. The van der Waals surface area contributed by atoms with Crippen LogP contribution in [0.3, 0.4) is 0 Å². The highest BCUT2D eigenvalue weighted by Gasteiger charge is 2.25. The topological polar surface area (TPSA) is 62.5 Å². The third-order valence-corrected chi connectivity index (χ3v) is 3.24. The average Bonchev–Trinajstić information content (AvgIpc) is 2.39. The molecular weight excluding hydrogens is 239 g/mol. The first kappa shape index (κ1) is 12.7. The van der Waals surface area contributed by atoms with Crippen molar-refractivity contribution < 1.29 is 9.31 Å². The minimum absolute atomic E-state index is 0.0387. The number of likely N-dealkylation sites (N-methyl/N-ethyl adjacent to an activating group) is 1. The van der Waals surface area contributed by atoms with E-state index in [-0.39, 0.29) is 11.7 Å². The number of rotatable bonds is 3. The molecule has 2 heterocycles. The molecule has 0 aliphatic carbocycles. The van der Waals surface area contributed by atoms with Crippen molar-refractivity contribution in [2.24, 2.45) is 0 Å². The highest BCUT2D eigenvalue weighted by atomic mass is 19.1. The van der Waals surface area contributed by atoms with Crippen LogP contribution in [0.5, 0.6) is 0 Å². The first-order chi connectivity index (χ1) is 8.61. The Morgan fingerprint density at radius 3 is 3.00 bits per heavy atom. The summed E-state index contributed by atoms with van der Waals surface area (Å²) in [5.74, 6) is 0. The van der Waals surface area contributed by atoms with E-state index < -0.39 is 11.6 Å². The number of nitro groups is 1. The number of pyridine rings is 1. The van der Waals surface area contributed by atoms with Crippen molar-refractivity contribution in [1.82, 2.24) is 9.88 Å². The summed E-state index contributed by atoms with van der Waals surface area (Å²) >= 11 is 0. The molecule has 1 aliphatic heterocycles. The second-order valence-corrected chi connectivity index (χ2v) is 4.39. The minimum atomic E-state index is -0.473. The number of aromatic nitrogens is 1. The molecule has 1 aromatic heterocycles. The van der Waals surface area contributed by atoms with Gasteiger partial charge in [0.1, 0.15) is 12.9 Å². The molecule has 0 spiro atoms. The van der Waals surface area contributed by atoms with Crippen molar-refractivity contribution in [3.63, 3.8) is 0 Å². The van der Waals surface area contributed by atoms with Gasteiger partial charge in [-0.15, -0.1) is 0 Å². The molecule has 98 valence electrons. The SMILES string of the molecule is CN1CCN(c2cncc([N+](=O)[O-])c2)CC1CF. The predicted octanol–water partition coefficient (Wildman–Crippen LogP) is 1.08. The van der Waals surface area contributed by atoms with Crippen LogP contribution in [0, 0.1) is 10.1 Å². The molecule has 0 N–H and O–H groups in total. The van der Waals surface area contributed by atoms with Crippen LogP contribution in [0.15, 0.2) is 18.5 Å². The molecule has 1 saturated heterocycles. The summed E-state index contributed by atoms with van der Waals surface area (Å²) in [7, 11) is 1.88. The van der Waals surface area contributed by atoms with E-state index in [2.05, 4.69) is 4.98 Å². The van der Waals surface area contributed by atoms with Gasteiger partial charge in [0, 0.05) is 25.7 Å². The van der Waals surface area contributed by atoms with Crippen LogP contribution >= 0.6 is 0 Å². The Bertz CT molecular complexity index is 443. The number of hydrogen-bond acceptors (Lipinski definition) is 5. The molecule has 2 rings (SSSR count). The molecular formula is C11H15FN4O2. The first-order valence-corrected chi connectivity index (χ1v) is 5.72. The molecule has 0 bridgehead atoms. The molecule has 6 nitrogen and oxygen atoms in total. The second kappa shape index (κ2) is 5.26. The summed E-state index contributed by atoms with van der Waals surface area (Å²) < 4.78 is 12.8. The van der Waals surface area contributed by atoms with Crippen LogP contribution in [-0.2, 0) is 0 Å². The van der Waals surface area contributed by atoms with Gasteiger partial charge in [-0.2, -0.15) is 0 Å². The Hall–Kier alpha value is -1.76. The molecule has 0 amide bonds. The maximum atomic E-state index is 12.8. The van der Waals surface area contributed by atoms with Crippen molar-refractivity contribution in [2.45, 2.75) is 6.04 Å². The summed E-state index contributed by atoms with van der Waals surface area (Å²) in [6, 6.07) is 1.31. The summed E-state index contributed by atoms with van der Waals surface area (Å²) in [6.45, 7) is 1.55. The van der Waals surface area contributed by atoms with E-state index in [9.17, 15) is 14.5 Å². The van der Waals surface area contributed by atoms with E-state index in [4.69, 9.17) is 0 Å². The zero-order valence-corrected chi connectivity index (χ0v) is 10.1. The Morgan fingerprint density at radius 1 is 1.56 bits per heavy atom. The number of piperazine rings is 1. The lowest BCUT2D eigenvalue weighted by Gasteiger charge is -2.39. The number of nitrogens with zero attached hydrogens (tertiary/aromatic N) is 4. The minimum Gasteiger partial charge on any atom is -0.367 e. The van der Waals surface area contributed by atoms with Crippen LogP contribution in [0.1, 0.15) is 0 Å². The molecule has 7 heteroatoms. The number of hydrogen-bond donors (Lipinski definition) is 0. The average molecular weight is 254 g/mol.